The number of likely N-dealkylation sites (tertiary alicyclic amines) is 1. The van der Waals surface area contributed by atoms with Crippen LogP contribution in [0.15, 0.2) is 93.7 Å². The lowest BCUT2D eigenvalue weighted by molar-refractivity contribution is -0.133. The van der Waals surface area contributed by atoms with E-state index in [4.69, 9.17) is 16.0 Å². The van der Waals surface area contributed by atoms with E-state index < -0.39 is 5.91 Å². The lowest BCUT2D eigenvalue weighted by atomic mass is 9.86. The number of halogens is 1. The number of anilines is 1. The molecule has 2 fully saturated rings. The van der Waals surface area contributed by atoms with Gasteiger partial charge in [-0.05, 0) is 84.5 Å². The number of nitrogens with zero attached hydrogens (tertiary/aromatic N) is 2. The predicted octanol–water partition coefficient (Wildman–Crippen LogP) is 7.82. The van der Waals surface area contributed by atoms with E-state index in [1.807, 2.05) is 47.4 Å². The quantitative estimate of drug-likeness (QED) is 0.194. The van der Waals surface area contributed by atoms with Gasteiger partial charge < -0.3 is 19.5 Å². The molecule has 3 aromatic carbocycles. The fraction of sp³-hybridized carbons (Fsp3) is 0.375. The van der Waals surface area contributed by atoms with Gasteiger partial charge >= 0.3 is 0 Å². The first-order valence-electron chi connectivity index (χ1n) is 17.0. The van der Waals surface area contributed by atoms with Gasteiger partial charge in [0.1, 0.15) is 5.58 Å². The fourth-order valence-electron chi connectivity index (χ4n) is 6.67. The zero-order valence-corrected chi connectivity index (χ0v) is 28.8. The van der Waals surface area contributed by atoms with Crippen LogP contribution in [0.4, 0.5) is 5.69 Å². The summed E-state index contributed by atoms with van der Waals surface area (Å²) in [6.45, 7) is 9.43. The molecule has 0 aliphatic carbocycles. The average molecular weight is 666 g/mol. The summed E-state index contributed by atoms with van der Waals surface area (Å²) in [6, 6.07) is 22.6. The summed E-state index contributed by atoms with van der Waals surface area (Å²) in [5.41, 5.74) is 5.73. The van der Waals surface area contributed by atoms with Crippen molar-refractivity contribution >= 4 is 40.1 Å². The van der Waals surface area contributed by atoms with Crippen molar-refractivity contribution in [1.82, 2.24) is 10.2 Å². The van der Waals surface area contributed by atoms with E-state index in [0.29, 0.717) is 35.4 Å². The number of rotatable bonds is 8. The minimum atomic E-state index is -0.427. The molecule has 0 bridgehead atoms. The molecule has 2 amide bonds. The van der Waals surface area contributed by atoms with Crippen molar-refractivity contribution < 1.29 is 14.0 Å². The molecule has 2 saturated heterocycles. The van der Waals surface area contributed by atoms with Gasteiger partial charge in [-0.3, -0.25) is 14.4 Å². The van der Waals surface area contributed by atoms with E-state index in [1.165, 1.54) is 22.9 Å². The Balaban J connectivity index is 1.19. The molecule has 7 nitrogen and oxygen atoms in total. The minimum absolute atomic E-state index is 0.00544. The molecule has 1 atom stereocenters. The third kappa shape index (κ3) is 8.01. The smallest absolute Gasteiger partial charge is 0.287 e. The van der Waals surface area contributed by atoms with Crippen LogP contribution in [0.1, 0.15) is 80.1 Å². The molecule has 0 saturated carbocycles. The van der Waals surface area contributed by atoms with E-state index in [2.05, 4.69) is 55.3 Å². The van der Waals surface area contributed by atoms with Crippen LogP contribution in [0.5, 0.6) is 0 Å². The topological polar surface area (TPSA) is 82.9 Å². The van der Waals surface area contributed by atoms with Gasteiger partial charge in [0.05, 0.1) is 11.4 Å². The number of fused-ring (bicyclic) bond motifs is 1. The average Bonchev–Trinajstić information content (AvgIpc) is 3.07. The first-order chi connectivity index (χ1) is 23.0. The highest BCUT2D eigenvalue weighted by Gasteiger charge is 2.24. The van der Waals surface area contributed by atoms with E-state index in [1.54, 1.807) is 6.07 Å². The first-order valence-corrected chi connectivity index (χ1v) is 17.4. The van der Waals surface area contributed by atoms with Gasteiger partial charge in [-0.1, -0.05) is 80.4 Å². The number of piperidine rings is 2. The van der Waals surface area contributed by atoms with E-state index in [-0.39, 0.29) is 28.6 Å². The van der Waals surface area contributed by atoms with E-state index >= 15 is 0 Å². The van der Waals surface area contributed by atoms with Crippen LogP contribution in [-0.4, -0.2) is 42.4 Å². The first kappa shape index (κ1) is 33.5. The maximum absolute atomic E-state index is 13.6. The monoisotopic (exact) mass is 665 g/mol. The molecule has 250 valence electrons. The van der Waals surface area contributed by atoms with Crippen LogP contribution in [0, 0.1) is 0 Å². The molecule has 2 aliphatic rings. The maximum Gasteiger partial charge on any atom is 0.287 e. The number of carbonyl (C=O) groups is 2. The van der Waals surface area contributed by atoms with Crippen molar-refractivity contribution in [1.29, 1.82) is 0 Å². The number of para-hydroxylation sites is 1. The molecule has 1 aromatic heterocycles. The Morgan fingerprint density at radius 1 is 0.938 bits per heavy atom. The third-order valence-electron chi connectivity index (χ3n) is 9.46. The summed E-state index contributed by atoms with van der Waals surface area (Å²) in [4.78, 5) is 43.6. The molecule has 6 rings (SSSR count). The molecule has 0 spiro atoms. The Morgan fingerprint density at radius 3 is 2.42 bits per heavy atom. The second-order valence-electron chi connectivity index (χ2n) is 14.1. The maximum atomic E-state index is 13.6. The Kier molecular flexibility index (Phi) is 10.1. The number of hydrogen-bond acceptors (Lipinski definition) is 5. The second-order valence-corrected chi connectivity index (χ2v) is 14.5. The van der Waals surface area contributed by atoms with Crippen LogP contribution in [0.25, 0.3) is 11.0 Å². The largest absolute Gasteiger partial charge is 0.451 e. The number of benzene rings is 3. The van der Waals surface area contributed by atoms with Gasteiger partial charge in [0, 0.05) is 49.4 Å². The van der Waals surface area contributed by atoms with Crippen LogP contribution >= 0.6 is 11.6 Å². The molecule has 0 unspecified atom stereocenters. The number of nitrogens with one attached hydrogen (secondary N) is 1. The highest BCUT2D eigenvalue weighted by Crippen LogP contribution is 2.29. The van der Waals surface area contributed by atoms with Crippen molar-refractivity contribution in [2.45, 2.75) is 77.3 Å². The predicted molar refractivity (Wildman–Crippen MR) is 193 cm³/mol. The molecule has 8 heteroatoms. The van der Waals surface area contributed by atoms with Gasteiger partial charge in [-0.2, -0.15) is 0 Å². The molecular formula is C40H44ClN3O4. The fourth-order valence-corrected chi connectivity index (χ4v) is 6.80. The second kappa shape index (κ2) is 14.4. The van der Waals surface area contributed by atoms with Crippen LogP contribution in [-0.2, 0) is 23.2 Å². The number of amides is 2. The Bertz CT molecular complexity index is 1880. The zero-order valence-electron chi connectivity index (χ0n) is 28.1. The Morgan fingerprint density at radius 2 is 1.69 bits per heavy atom. The summed E-state index contributed by atoms with van der Waals surface area (Å²) >= 11 is 6.15. The SMILES string of the molecule is CC(C)(C)c1ccc2oc(C(=O)N[C@@H](C=C3CCN(c4ccccc4CN4CCCCC4=O)CC3)Cc3ccc(Cl)cc3)cc(=O)c2c1. The summed E-state index contributed by atoms with van der Waals surface area (Å²) < 4.78 is 5.98. The molecule has 0 radical (unpaired) electrons. The Hall–Kier alpha value is -4.36. The molecule has 48 heavy (non-hydrogen) atoms. The molecule has 3 heterocycles. The van der Waals surface area contributed by atoms with Crippen LogP contribution in [0.3, 0.4) is 0 Å². The van der Waals surface area contributed by atoms with Crippen molar-refractivity contribution in [3.05, 3.63) is 122 Å². The van der Waals surface area contributed by atoms with Gasteiger partial charge in [0.15, 0.2) is 11.2 Å². The standard InChI is InChI=1S/C40H44ClN3O4/c1-40(2,3)30-13-16-36-33(24-30)35(45)25-37(48-36)39(47)42-32(22-27-11-14-31(41)15-12-27)23-28-17-20-43(21-18-28)34-9-5-4-8-29(34)26-44-19-7-6-10-38(44)46/h4-5,8-9,11-16,23-25,32H,6-7,10,17-22,26H2,1-3H3,(H,42,47)/t32-/m1/s1. The normalized spacial score (nSPS) is 16.2. The van der Waals surface area contributed by atoms with E-state index in [9.17, 15) is 14.4 Å². The number of carbonyl (C=O) groups excluding carboxylic acids is 2. The molecule has 1 N–H and O–H groups in total. The van der Waals surface area contributed by atoms with Crippen molar-refractivity contribution in [2.24, 2.45) is 0 Å². The molecular weight excluding hydrogens is 622 g/mol. The minimum Gasteiger partial charge on any atom is -0.451 e. The Labute approximate surface area is 287 Å². The lowest BCUT2D eigenvalue weighted by Gasteiger charge is -2.34. The summed E-state index contributed by atoms with van der Waals surface area (Å²) in [7, 11) is 0. The molecule has 2 aliphatic heterocycles. The lowest BCUT2D eigenvalue weighted by Crippen LogP contribution is -2.37. The van der Waals surface area contributed by atoms with Crippen LogP contribution < -0.4 is 15.6 Å². The summed E-state index contributed by atoms with van der Waals surface area (Å²) in [5, 5.41) is 4.26. The third-order valence-corrected chi connectivity index (χ3v) is 9.71. The van der Waals surface area contributed by atoms with Crippen LogP contribution in [0.2, 0.25) is 5.02 Å². The summed E-state index contributed by atoms with van der Waals surface area (Å²) in [5.74, 6) is -0.191. The summed E-state index contributed by atoms with van der Waals surface area (Å²) in [6.07, 6.45) is 7.11. The van der Waals surface area contributed by atoms with Crippen molar-refractivity contribution in [2.75, 3.05) is 24.5 Å². The van der Waals surface area contributed by atoms with Crippen molar-refractivity contribution in [3.63, 3.8) is 0 Å². The van der Waals surface area contributed by atoms with E-state index in [0.717, 1.165) is 56.4 Å². The van der Waals surface area contributed by atoms with Gasteiger partial charge in [0.2, 0.25) is 5.91 Å². The molecule has 4 aromatic rings. The van der Waals surface area contributed by atoms with Gasteiger partial charge in [0.25, 0.3) is 5.91 Å². The highest BCUT2D eigenvalue weighted by atomic mass is 35.5. The van der Waals surface area contributed by atoms with Gasteiger partial charge in [-0.25, -0.2) is 0 Å². The highest BCUT2D eigenvalue weighted by molar-refractivity contribution is 6.30. The number of hydrogen-bond donors (Lipinski definition) is 1. The van der Waals surface area contributed by atoms with Crippen molar-refractivity contribution in [3.8, 4) is 0 Å². The zero-order chi connectivity index (χ0) is 33.8. The van der Waals surface area contributed by atoms with Gasteiger partial charge in [-0.15, -0.1) is 0 Å².